The van der Waals surface area contributed by atoms with Crippen LogP contribution in [0.1, 0.15) is 17.7 Å². The van der Waals surface area contributed by atoms with E-state index >= 15 is 0 Å². The molecule has 1 aromatic heterocycles. The molecule has 92 valence electrons. The lowest BCUT2D eigenvalue weighted by atomic mass is 10.1. The molecule has 0 aromatic carbocycles. The highest BCUT2D eigenvalue weighted by molar-refractivity contribution is 7.10. The molecule has 1 aliphatic rings. The largest absolute Gasteiger partial charge is 0.316 e. The number of rotatable bonds is 3. The van der Waals surface area contributed by atoms with E-state index in [4.69, 9.17) is 11.6 Å². The van der Waals surface area contributed by atoms with Gasteiger partial charge in [0.1, 0.15) is 0 Å². The zero-order valence-electron chi connectivity index (χ0n) is 9.41. The van der Waals surface area contributed by atoms with Gasteiger partial charge in [0.2, 0.25) is 0 Å². The Balaban J connectivity index is 0.00000128. The summed E-state index contributed by atoms with van der Waals surface area (Å²) in [4.78, 5) is 3.79. The van der Waals surface area contributed by atoms with Crippen molar-refractivity contribution >= 4 is 35.3 Å². The van der Waals surface area contributed by atoms with Gasteiger partial charge in [0.25, 0.3) is 0 Å². The second kappa shape index (κ2) is 6.82. The number of likely N-dealkylation sites (tertiary alicyclic amines) is 1. The van der Waals surface area contributed by atoms with Crippen molar-refractivity contribution in [2.75, 3.05) is 20.1 Å². The minimum absolute atomic E-state index is 0. The number of piperidine rings is 1. The third-order valence-corrected chi connectivity index (χ3v) is 4.34. The summed E-state index contributed by atoms with van der Waals surface area (Å²) in [6.07, 6.45) is 2.58. The van der Waals surface area contributed by atoms with E-state index < -0.39 is 0 Å². The predicted molar refractivity (Wildman–Crippen MR) is 73.9 cm³/mol. The van der Waals surface area contributed by atoms with Crippen molar-refractivity contribution in [2.45, 2.75) is 25.4 Å². The summed E-state index contributed by atoms with van der Waals surface area (Å²) in [6.45, 7) is 3.35. The smallest absolute Gasteiger partial charge is 0.0558 e. The SMILES string of the molecule is CNC1CCCN(Cc2sccc2Cl)C1.Cl. The molecule has 0 spiro atoms. The highest BCUT2D eigenvalue weighted by Gasteiger charge is 2.19. The molecule has 2 heterocycles. The maximum absolute atomic E-state index is 6.10. The molecule has 0 bridgehead atoms. The number of hydrogen-bond acceptors (Lipinski definition) is 3. The fourth-order valence-corrected chi connectivity index (χ4v) is 3.21. The Labute approximate surface area is 112 Å². The number of nitrogens with zero attached hydrogens (tertiary/aromatic N) is 1. The maximum Gasteiger partial charge on any atom is 0.0558 e. The molecule has 1 fully saturated rings. The second-order valence-corrected chi connectivity index (χ2v) is 5.46. The molecule has 2 rings (SSSR count). The molecule has 1 saturated heterocycles. The number of hydrogen-bond donors (Lipinski definition) is 1. The van der Waals surface area contributed by atoms with Gasteiger partial charge >= 0.3 is 0 Å². The van der Waals surface area contributed by atoms with Gasteiger partial charge in [0, 0.05) is 24.0 Å². The van der Waals surface area contributed by atoms with Crippen LogP contribution in [0, 0.1) is 0 Å². The van der Waals surface area contributed by atoms with Crippen molar-refractivity contribution < 1.29 is 0 Å². The lowest BCUT2D eigenvalue weighted by Gasteiger charge is -2.32. The van der Waals surface area contributed by atoms with Crippen molar-refractivity contribution in [3.63, 3.8) is 0 Å². The molecule has 1 aromatic rings. The third kappa shape index (κ3) is 3.60. The molecule has 1 atom stereocenters. The van der Waals surface area contributed by atoms with Gasteiger partial charge in [0.15, 0.2) is 0 Å². The topological polar surface area (TPSA) is 15.3 Å². The highest BCUT2D eigenvalue weighted by Crippen LogP contribution is 2.24. The van der Waals surface area contributed by atoms with Gasteiger partial charge in [-0.2, -0.15) is 0 Å². The van der Waals surface area contributed by atoms with Crippen molar-refractivity contribution in [1.82, 2.24) is 10.2 Å². The average molecular weight is 281 g/mol. The predicted octanol–water partition coefficient (Wildman–Crippen LogP) is 3.01. The maximum atomic E-state index is 6.10. The second-order valence-electron chi connectivity index (χ2n) is 4.05. The average Bonchev–Trinajstić information content (AvgIpc) is 2.65. The monoisotopic (exact) mass is 280 g/mol. The van der Waals surface area contributed by atoms with E-state index in [-0.39, 0.29) is 12.4 Å². The minimum atomic E-state index is 0. The first-order valence-corrected chi connectivity index (χ1v) is 6.67. The molecule has 2 nitrogen and oxygen atoms in total. The summed E-state index contributed by atoms with van der Waals surface area (Å²) in [7, 11) is 2.05. The Morgan fingerprint density at radius 3 is 3.06 bits per heavy atom. The van der Waals surface area contributed by atoms with Crippen LogP contribution < -0.4 is 5.32 Å². The lowest BCUT2D eigenvalue weighted by molar-refractivity contribution is 0.189. The first-order chi connectivity index (χ1) is 7.29. The standard InChI is InChI=1S/C11H17ClN2S.ClH/c1-13-9-3-2-5-14(7-9)8-11-10(12)4-6-15-11;/h4,6,9,13H,2-3,5,7-8H2,1H3;1H. The van der Waals surface area contributed by atoms with Gasteiger partial charge in [-0.25, -0.2) is 0 Å². The Bertz CT molecular complexity index is 317. The highest BCUT2D eigenvalue weighted by atomic mass is 35.5. The molecule has 0 saturated carbocycles. The normalized spacial score (nSPS) is 21.8. The quantitative estimate of drug-likeness (QED) is 0.916. The summed E-state index contributed by atoms with van der Waals surface area (Å²) < 4.78 is 0. The van der Waals surface area contributed by atoms with Crippen LogP contribution in [0.4, 0.5) is 0 Å². The number of thiophene rings is 1. The van der Waals surface area contributed by atoms with Crippen molar-refractivity contribution in [3.8, 4) is 0 Å². The van der Waals surface area contributed by atoms with Crippen LogP contribution in [-0.4, -0.2) is 31.1 Å². The van der Waals surface area contributed by atoms with Crippen LogP contribution in [0.2, 0.25) is 5.02 Å². The van der Waals surface area contributed by atoms with Gasteiger partial charge in [-0.1, -0.05) is 11.6 Å². The Morgan fingerprint density at radius 1 is 1.62 bits per heavy atom. The zero-order chi connectivity index (χ0) is 10.7. The van der Waals surface area contributed by atoms with E-state index in [0.29, 0.717) is 6.04 Å². The fraction of sp³-hybridized carbons (Fsp3) is 0.636. The molecular formula is C11H18Cl2N2S. The molecular weight excluding hydrogens is 263 g/mol. The van der Waals surface area contributed by atoms with E-state index in [1.807, 2.05) is 13.1 Å². The van der Waals surface area contributed by atoms with Crippen LogP contribution >= 0.6 is 35.3 Å². The van der Waals surface area contributed by atoms with Crippen LogP contribution in [0.3, 0.4) is 0 Å². The van der Waals surface area contributed by atoms with Crippen molar-refractivity contribution in [1.29, 1.82) is 0 Å². The van der Waals surface area contributed by atoms with Crippen LogP contribution in [0.15, 0.2) is 11.4 Å². The zero-order valence-corrected chi connectivity index (χ0v) is 11.8. The molecule has 5 heteroatoms. The third-order valence-electron chi connectivity index (χ3n) is 2.97. The first-order valence-electron chi connectivity index (χ1n) is 5.41. The summed E-state index contributed by atoms with van der Waals surface area (Å²) >= 11 is 7.86. The number of likely N-dealkylation sites (N-methyl/N-ethyl adjacent to an activating group) is 1. The van der Waals surface area contributed by atoms with Crippen LogP contribution in [0.25, 0.3) is 0 Å². The summed E-state index contributed by atoms with van der Waals surface area (Å²) in [5, 5.41) is 6.35. The first kappa shape index (κ1) is 14.3. The van der Waals surface area contributed by atoms with Crippen LogP contribution in [0.5, 0.6) is 0 Å². The summed E-state index contributed by atoms with van der Waals surface area (Å²) in [6, 6.07) is 2.64. The molecule has 0 aliphatic carbocycles. The molecule has 1 unspecified atom stereocenters. The van der Waals surface area contributed by atoms with E-state index in [2.05, 4.69) is 15.6 Å². The van der Waals surface area contributed by atoms with Crippen molar-refractivity contribution in [3.05, 3.63) is 21.3 Å². The number of nitrogens with one attached hydrogen (secondary N) is 1. The molecule has 0 radical (unpaired) electrons. The molecule has 1 N–H and O–H groups in total. The number of halogens is 2. The van der Waals surface area contributed by atoms with Gasteiger partial charge in [-0.05, 0) is 37.9 Å². The van der Waals surface area contributed by atoms with E-state index in [9.17, 15) is 0 Å². The van der Waals surface area contributed by atoms with Crippen molar-refractivity contribution in [2.24, 2.45) is 0 Å². The Morgan fingerprint density at radius 2 is 2.44 bits per heavy atom. The summed E-state index contributed by atoms with van der Waals surface area (Å²) in [5.41, 5.74) is 0. The van der Waals surface area contributed by atoms with E-state index in [1.54, 1.807) is 11.3 Å². The Hall–Kier alpha value is 0.200. The van der Waals surface area contributed by atoms with E-state index in [1.165, 1.54) is 24.3 Å². The summed E-state index contributed by atoms with van der Waals surface area (Å²) in [5.74, 6) is 0. The van der Waals surface area contributed by atoms with Gasteiger partial charge in [-0.3, -0.25) is 4.90 Å². The van der Waals surface area contributed by atoms with Gasteiger partial charge in [0.05, 0.1) is 5.02 Å². The van der Waals surface area contributed by atoms with Crippen LogP contribution in [-0.2, 0) is 6.54 Å². The molecule has 1 aliphatic heterocycles. The molecule has 0 amide bonds. The van der Waals surface area contributed by atoms with Gasteiger partial charge in [-0.15, -0.1) is 23.7 Å². The fourth-order valence-electron chi connectivity index (χ4n) is 2.08. The lowest BCUT2D eigenvalue weighted by Crippen LogP contribution is -2.43. The Kier molecular flexibility index (Phi) is 6.08. The van der Waals surface area contributed by atoms with Gasteiger partial charge < -0.3 is 5.32 Å². The molecule has 16 heavy (non-hydrogen) atoms. The van der Waals surface area contributed by atoms with E-state index in [0.717, 1.165) is 18.1 Å². The minimum Gasteiger partial charge on any atom is -0.316 e.